The molecule has 2 aliphatic rings. The number of hydrogen-bond acceptors (Lipinski definition) is 0. The maximum atomic E-state index is 13.1. The van der Waals surface area contributed by atoms with Crippen LogP contribution in [-0.4, -0.2) is 12.8 Å². The zero-order chi connectivity index (χ0) is 14.4. The standard InChI is InChI=1S/C9H16F2.C8H16/c1-6-3-8(5-10)7(2)9(11)4-6;1-7-3-5-8(2)6-4-7/h6-9H,3-5H2,1-2H3;7-8H,3-6H2,1-2H3. The van der Waals surface area contributed by atoms with E-state index in [9.17, 15) is 8.78 Å². The van der Waals surface area contributed by atoms with E-state index in [1.807, 2.05) is 13.8 Å². The van der Waals surface area contributed by atoms with Crippen molar-refractivity contribution in [2.24, 2.45) is 29.6 Å². The first-order chi connectivity index (χ1) is 8.93. The summed E-state index contributed by atoms with van der Waals surface area (Å²) < 4.78 is 25.4. The molecule has 114 valence electrons. The molecule has 0 amide bonds. The summed E-state index contributed by atoms with van der Waals surface area (Å²) in [6, 6.07) is 0. The highest BCUT2D eigenvalue weighted by atomic mass is 19.1. The highest BCUT2D eigenvalue weighted by Crippen LogP contribution is 2.35. The smallest absolute Gasteiger partial charge is 0.103 e. The van der Waals surface area contributed by atoms with E-state index in [2.05, 4.69) is 13.8 Å². The Bertz CT molecular complexity index is 223. The van der Waals surface area contributed by atoms with Crippen molar-refractivity contribution in [1.29, 1.82) is 0 Å². The molecule has 0 bridgehead atoms. The molecule has 2 heteroatoms. The first-order valence-electron chi connectivity index (χ1n) is 8.14. The van der Waals surface area contributed by atoms with E-state index in [0.717, 1.165) is 18.3 Å². The van der Waals surface area contributed by atoms with Gasteiger partial charge in [0.2, 0.25) is 0 Å². The molecule has 0 radical (unpaired) electrons. The Morgan fingerprint density at radius 1 is 0.789 bits per heavy atom. The van der Waals surface area contributed by atoms with Crippen molar-refractivity contribution < 1.29 is 8.78 Å². The molecule has 4 atom stereocenters. The molecule has 4 unspecified atom stereocenters. The predicted molar refractivity (Wildman–Crippen MR) is 78.7 cm³/mol. The van der Waals surface area contributed by atoms with Crippen molar-refractivity contribution in [2.75, 3.05) is 6.67 Å². The van der Waals surface area contributed by atoms with E-state index < -0.39 is 6.17 Å². The molecule has 0 saturated heterocycles. The van der Waals surface area contributed by atoms with Crippen LogP contribution in [0.2, 0.25) is 0 Å². The van der Waals surface area contributed by atoms with Gasteiger partial charge in [0.25, 0.3) is 0 Å². The van der Waals surface area contributed by atoms with Crippen LogP contribution in [0.4, 0.5) is 8.78 Å². The summed E-state index contributed by atoms with van der Waals surface area (Å²) in [6.45, 7) is 8.20. The first kappa shape index (κ1) is 16.9. The molecule has 2 fully saturated rings. The molecule has 0 spiro atoms. The quantitative estimate of drug-likeness (QED) is 0.566. The highest BCUT2D eigenvalue weighted by molar-refractivity contribution is 4.82. The van der Waals surface area contributed by atoms with Gasteiger partial charge in [0, 0.05) is 0 Å². The molecule has 0 N–H and O–H groups in total. The van der Waals surface area contributed by atoms with Gasteiger partial charge in [0.1, 0.15) is 6.17 Å². The van der Waals surface area contributed by atoms with Crippen LogP contribution in [-0.2, 0) is 0 Å². The van der Waals surface area contributed by atoms with E-state index in [1.54, 1.807) is 0 Å². The molecular weight excluding hydrogens is 242 g/mol. The van der Waals surface area contributed by atoms with Crippen molar-refractivity contribution in [3.8, 4) is 0 Å². The van der Waals surface area contributed by atoms with Crippen molar-refractivity contribution in [2.45, 2.75) is 72.4 Å². The van der Waals surface area contributed by atoms with Crippen LogP contribution in [0.5, 0.6) is 0 Å². The van der Waals surface area contributed by atoms with Crippen molar-refractivity contribution in [3.05, 3.63) is 0 Å². The van der Waals surface area contributed by atoms with Gasteiger partial charge in [-0.3, -0.25) is 4.39 Å². The molecule has 0 aromatic carbocycles. The van der Waals surface area contributed by atoms with Gasteiger partial charge in [-0.2, -0.15) is 0 Å². The fourth-order valence-corrected chi connectivity index (χ4v) is 3.35. The molecular formula is C17H32F2. The Labute approximate surface area is 118 Å². The van der Waals surface area contributed by atoms with Gasteiger partial charge in [-0.25, -0.2) is 4.39 Å². The molecule has 2 saturated carbocycles. The fourth-order valence-electron chi connectivity index (χ4n) is 3.35. The van der Waals surface area contributed by atoms with Gasteiger partial charge in [-0.05, 0) is 42.4 Å². The Balaban J connectivity index is 0.000000200. The second-order valence-electron chi connectivity index (χ2n) is 7.23. The van der Waals surface area contributed by atoms with Gasteiger partial charge in [-0.1, -0.05) is 53.4 Å². The minimum absolute atomic E-state index is 0.0336. The zero-order valence-corrected chi connectivity index (χ0v) is 13.2. The fraction of sp³-hybridized carbons (Fsp3) is 1.00. The molecule has 0 aromatic heterocycles. The Hall–Kier alpha value is -0.140. The molecule has 0 aliphatic heterocycles. The predicted octanol–water partition coefficient (Wildman–Crippen LogP) is 5.81. The Morgan fingerprint density at radius 2 is 1.26 bits per heavy atom. The molecule has 0 heterocycles. The molecule has 2 rings (SSSR count). The average molecular weight is 274 g/mol. The van der Waals surface area contributed by atoms with Crippen LogP contribution < -0.4 is 0 Å². The number of halogens is 2. The SMILES string of the molecule is CC1CC(F)C(C)C(CF)C1.CC1CCC(C)CC1. The minimum Gasteiger partial charge on any atom is -0.251 e. The molecule has 0 aromatic rings. The molecule has 19 heavy (non-hydrogen) atoms. The summed E-state index contributed by atoms with van der Waals surface area (Å²) in [6.07, 6.45) is 6.60. The third kappa shape index (κ3) is 5.79. The highest BCUT2D eigenvalue weighted by Gasteiger charge is 2.33. The average Bonchev–Trinajstić information content (AvgIpc) is 2.38. The van der Waals surface area contributed by atoms with Crippen LogP contribution in [0, 0.1) is 29.6 Å². The third-order valence-electron chi connectivity index (χ3n) is 5.15. The summed E-state index contributed by atoms with van der Waals surface area (Å²) in [5, 5.41) is 0. The molecule has 2 aliphatic carbocycles. The Morgan fingerprint density at radius 3 is 1.68 bits per heavy atom. The van der Waals surface area contributed by atoms with Gasteiger partial charge in [-0.15, -0.1) is 0 Å². The number of rotatable bonds is 1. The zero-order valence-electron chi connectivity index (χ0n) is 13.2. The lowest BCUT2D eigenvalue weighted by molar-refractivity contribution is 0.0723. The summed E-state index contributed by atoms with van der Waals surface area (Å²) in [5.74, 6) is 2.30. The lowest BCUT2D eigenvalue weighted by Crippen LogP contribution is -2.32. The third-order valence-corrected chi connectivity index (χ3v) is 5.15. The first-order valence-corrected chi connectivity index (χ1v) is 8.14. The van der Waals surface area contributed by atoms with Crippen LogP contribution in [0.1, 0.15) is 66.2 Å². The maximum Gasteiger partial charge on any atom is 0.103 e. The minimum atomic E-state index is -0.778. The second-order valence-corrected chi connectivity index (χ2v) is 7.23. The van der Waals surface area contributed by atoms with Crippen molar-refractivity contribution in [1.82, 2.24) is 0 Å². The van der Waals surface area contributed by atoms with Gasteiger partial charge in [0.05, 0.1) is 6.67 Å². The number of alkyl halides is 2. The van der Waals surface area contributed by atoms with E-state index in [-0.39, 0.29) is 18.5 Å². The number of hydrogen-bond donors (Lipinski definition) is 0. The summed E-state index contributed by atoms with van der Waals surface area (Å²) in [4.78, 5) is 0. The Kier molecular flexibility index (Phi) is 7.31. The summed E-state index contributed by atoms with van der Waals surface area (Å²) in [5.41, 5.74) is 0. The molecule has 0 nitrogen and oxygen atoms in total. The lowest BCUT2D eigenvalue weighted by Gasteiger charge is -2.33. The van der Waals surface area contributed by atoms with Gasteiger partial charge < -0.3 is 0 Å². The van der Waals surface area contributed by atoms with Crippen molar-refractivity contribution >= 4 is 0 Å². The largest absolute Gasteiger partial charge is 0.251 e. The normalized spacial score (nSPS) is 43.3. The maximum absolute atomic E-state index is 13.1. The van der Waals surface area contributed by atoms with Crippen LogP contribution in [0.3, 0.4) is 0 Å². The van der Waals surface area contributed by atoms with Crippen molar-refractivity contribution in [3.63, 3.8) is 0 Å². The van der Waals surface area contributed by atoms with Gasteiger partial charge >= 0.3 is 0 Å². The van der Waals surface area contributed by atoms with E-state index >= 15 is 0 Å². The monoisotopic (exact) mass is 274 g/mol. The van der Waals surface area contributed by atoms with Crippen LogP contribution in [0.15, 0.2) is 0 Å². The van der Waals surface area contributed by atoms with Crippen LogP contribution >= 0.6 is 0 Å². The second kappa shape index (κ2) is 8.21. The van der Waals surface area contributed by atoms with E-state index in [0.29, 0.717) is 12.3 Å². The topological polar surface area (TPSA) is 0 Å². The van der Waals surface area contributed by atoms with Crippen LogP contribution in [0.25, 0.3) is 0 Å². The van der Waals surface area contributed by atoms with Gasteiger partial charge in [0.15, 0.2) is 0 Å². The summed E-state index contributed by atoms with van der Waals surface area (Å²) in [7, 11) is 0. The lowest BCUT2D eigenvalue weighted by atomic mass is 9.75. The summed E-state index contributed by atoms with van der Waals surface area (Å²) >= 11 is 0. The van der Waals surface area contributed by atoms with E-state index in [4.69, 9.17) is 0 Å². The van der Waals surface area contributed by atoms with E-state index in [1.165, 1.54) is 25.7 Å².